The highest BCUT2D eigenvalue weighted by Crippen LogP contribution is 2.24. The molecule has 1 saturated heterocycles. The average Bonchev–Trinajstić information content (AvgIpc) is 3.11. The van der Waals surface area contributed by atoms with Crippen LogP contribution in [0.15, 0.2) is 12.3 Å². The number of anilines is 2. The number of aliphatic hydroxyl groups excluding tert-OH is 1. The molecule has 1 fully saturated rings. The van der Waals surface area contributed by atoms with Crippen molar-refractivity contribution in [2.75, 3.05) is 42.6 Å². The number of nitrogens with zero attached hydrogens (tertiary/aromatic N) is 6. The maximum Gasteiger partial charge on any atom is 0.227 e. The Kier molecular flexibility index (Phi) is 4.73. The van der Waals surface area contributed by atoms with Crippen molar-refractivity contribution in [1.82, 2.24) is 19.7 Å². The van der Waals surface area contributed by atoms with Crippen molar-refractivity contribution in [3.05, 3.63) is 29.5 Å². The Balaban J connectivity index is 1.56. The molecule has 0 amide bonds. The highest BCUT2D eigenvalue weighted by Gasteiger charge is 2.24. The molecular formula is C17H23FN6O2. The Labute approximate surface area is 151 Å². The van der Waals surface area contributed by atoms with Gasteiger partial charge in [-0.3, -0.25) is 4.68 Å². The van der Waals surface area contributed by atoms with Crippen LogP contribution in [-0.2, 0) is 17.8 Å². The molecule has 2 aliphatic heterocycles. The lowest BCUT2D eigenvalue weighted by atomic mass is 10.2. The number of hydrogen-bond acceptors (Lipinski definition) is 7. The van der Waals surface area contributed by atoms with Gasteiger partial charge in [-0.25, -0.2) is 9.37 Å². The molecule has 0 aliphatic carbocycles. The number of ether oxygens (including phenoxy) is 1. The summed E-state index contributed by atoms with van der Waals surface area (Å²) in [4.78, 5) is 12.6. The lowest BCUT2D eigenvalue weighted by Gasteiger charge is -2.30. The van der Waals surface area contributed by atoms with Gasteiger partial charge in [0.1, 0.15) is 0 Å². The molecule has 0 unspecified atom stereocenters. The molecule has 4 rings (SSSR count). The zero-order chi connectivity index (χ0) is 18.1. The molecular weight excluding hydrogens is 339 g/mol. The van der Waals surface area contributed by atoms with Gasteiger partial charge in [-0.1, -0.05) is 6.92 Å². The van der Waals surface area contributed by atoms with Gasteiger partial charge in [0, 0.05) is 19.6 Å². The Morgan fingerprint density at radius 3 is 2.81 bits per heavy atom. The highest BCUT2D eigenvalue weighted by molar-refractivity contribution is 5.46. The summed E-state index contributed by atoms with van der Waals surface area (Å²) in [6.07, 6.45) is 1.33. The molecule has 0 aromatic carbocycles. The van der Waals surface area contributed by atoms with Gasteiger partial charge < -0.3 is 19.6 Å². The van der Waals surface area contributed by atoms with Crippen LogP contribution in [0.3, 0.4) is 0 Å². The quantitative estimate of drug-likeness (QED) is 0.873. The Morgan fingerprint density at radius 1 is 1.23 bits per heavy atom. The summed E-state index contributed by atoms with van der Waals surface area (Å²) in [5.74, 6) is 0.434. The molecule has 1 atom stereocenters. The van der Waals surface area contributed by atoms with E-state index in [1.54, 1.807) is 0 Å². The molecule has 2 aromatic rings. The minimum Gasteiger partial charge on any atom is -0.387 e. The van der Waals surface area contributed by atoms with E-state index in [0.717, 1.165) is 5.69 Å². The summed E-state index contributed by atoms with van der Waals surface area (Å²) >= 11 is 0. The minimum atomic E-state index is -0.545. The minimum absolute atomic E-state index is 0.333. The molecule has 0 bridgehead atoms. The number of fused-ring (bicyclic) bond motifs is 1. The van der Waals surface area contributed by atoms with Crippen molar-refractivity contribution in [2.45, 2.75) is 32.5 Å². The highest BCUT2D eigenvalue weighted by atomic mass is 19.1. The van der Waals surface area contributed by atoms with Crippen molar-refractivity contribution < 1.29 is 14.2 Å². The fourth-order valence-electron chi connectivity index (χ4n) is 3.33. The summed E-state index contributed by atoms with van der Waals surface area (Å²) in [5, 5.41) is 14.5. The molecule has 2 aromatic heterocycles. The topological polar surface area (TPSA) is 79.5 Å². The lowest BCUT2D eigenvalue weighted by Crippen LogP contribution is -2.38. The lowest BCUT2D eigenvalue weighted by molar-refractivity contribution is 0.122. The molecule has 0 radical (unpaired) electrons. The second-order valence-electron chi connectivity index (χ2n) is 6.57. The number of rotatable bonds is 4. The predicted octanol–water partition coefficient (Wildman–Crippen LogP) is 1.11. The van der Waals surface area contributed by atoms with E-state index in [4.69, 9.17) is 4.74 Å². The third kappa shape index (κ3) is 3.24. The number of aromatic nitrogens is 4. The largest absolute Gasteiger partial charge is 0.387 e. The normalized spacial score (nSPS) is 18.7. The van der Waals surface area contributed by atoms with E-state index in [2.05, 4.69) is 15.1 Å². The summed E-state index contributed by atoms with van der Waals surface area (Å²) in [6, 6.07) is 1.92. The standard InChI is InChI=1S/C17H23FN6O2/c1-2-15(25)14-9-12-11-23(3-4-24(12)21-14)17-19-10-13(18)16(20-17)22-5-7-26-8-6-22/h9-10,15,25H,2-8,11H2,1H3/t15-/m0/s1. The van der Waals surface area contributed by atoms with Crippen LogP contribution < -0.4 is 9.80 Å². The van der Waals surface area contributed by atoms with Crippen LogP contribution in [0.25, 0.3) is 0 Å². The molecule has 9 heteroatoms. The van der Waals surface area contributed by atoms with Crippen LogP contribution in [0.2, 0.25) is 0 Å². The van der Waals surface area contributed by atoms with Crippen LogP contribution in [-0.4, -0.2) is 57.7 Å². The van der Waals surface area contributed by atoms with Crippen LogP contribution in [0.1, 0.15) is 30.8 Å². The van der Waals surface area contributed by atoms with E-state index in [0.29, 0.717) is 69.8 Å². The van der Waals surface area contributed by atoms with Crippen molar-refractivity contribution in [3.8, 4) is 0 Å². The molecule has 0 saturated carbocycles. The Bertz CT molecular complexity index is 777. The molecule has 26 heavy (non-hydrogen) atoms. The average molecular weight is 362 g/mol. The summed E-state index contributed by atoms with van der Waals surface area (Å²) in [6.45, 7) is 6.27. The number of aliphatic hydroxyl groups is 1. The second-order valence-corrected chi connectivity index (χ2v) is 6.57. The van der Waals surface area contributed by atoms with Crippen LogP contribution >= 0.6 is 0 Å². The zero-order valence-electron chi connectivity index (χ0n) is 14.8. The zero-order valence-corrected chi connectivity index (χ0v) is 14.8. The molecule has 1 N–H and O–H groups in total. The number of hydrogen-bond donors (Lipinski definition) is 1. The van der Waals surface area contributed by atoms with Crippen LogP contribution in [0.4, 0.5) is 16.2 Å². The summed E-state index contributed by atoms with van der Waals surface area (Å²) in [7, 11) is 0. The number of morpholine rings is 1. The van der Waals surface area contributed by atoms with Crippen molar-refractivity contribution in [2.24, 2.45) is 0 Å². The molecule has 8 nitrogen and oxygen atoms in total. The van der Waals surface area contributed by atoms with Gasteiger partial charge >= 0.3 is 0 Å². The maximum atomic E-state index is 14.2. The third-order valence-electron chi connectivity index (χ3n) is 4.85. The molecule has 2 aliphatic rings. The van der Waals surface area contributed by atoms with Crippen molar-refractivity contribution >= 4 is 11.8 Å². The maximum absolute atomic E-state index is 14.2. The van der Waals surface area contributed by atoms with Crippen molar-refractivity contribution in [1.29, 1.82) is 0 Å². The van der Waals surface area contributed by atoms with Gasteiger partial charge in [-0.05, 0) is 12.5 Å². The number of halogens is 1. The van der Waals surface area contributed by atoms with E-state index in [9.17, 15) is 9.50 Å². The van der Waals surface area contributed by atoms with Crippen LogP contribution in [0, 0.1) is 5.82 Å². The van der Waals surface area contributed by atoms with E-state index in [1.165, 1.54) is 6.20 Å². The SMILES string of the molecule is CC[C@H](O)c1cc2n(n1)CCN(c1ncc(F)c(N3CCOCC3)n1)C2. The Hall–Kier alpha value is -2.26. The van der Waals surface area contributed by atoms with E-state index in [1.807, 2.05) is 27.5 Å². The first-order valence-electron chi connectivity index (χ1n) is 9.00. The Morgan fingerprint density at radius 2 is 2.04 bits per heavy atom. The second kappa shape index (κ2) is 7.16. The first kappa shape index (κ1) is 17.2. The van der Waals surface area contributed by atoms with E-state index in [-0.39, 0.29) is 0 Å². The predicted molar refractivity (Wildman–Crippen MR) is 93.5 cm³/mol. The fraction of sp³-hybridized carbons (Fsp3) is 0.588. The fourth-order valence-corrected chi connectivity index (χ4v) is 3.33. The van der Waals surface area contributed by atoms with Crippen LogP contribution in [0.5, 0.6) is 0 Å². The first-order chi connectivity index (χ1) is 12.7. The van der Waals surface area contributed by atoms with Gasteiger partial charge in [0.15, 0.2) is 11.6 Å². The molecule has 4 heterocycles. The van der Waals surface area contributed by atoms with Gasteiger partial charge in [0.2, 0.25) is 5.95 Å². The monoisotopic (exact) mass is 362 g/mol. The summed E-state index contributed by atoms with van der Waals surface area (Å²) < 4.78 is 21.5. The first-order valence-corrected chi connectivity index (χ1v) is 9.00. The van der Waals surface area contributed by atoms with Gasteiger partial charge in [-0.2, -0.15) is 10.1 Å². The van der Waals surface area contributed by atoms with E-state index < -0.39 is 11.9 Å². The van der Waals surface area contributed by atoms with E-state index >= 15 is 0 Å². The van der Waals surface area contributed by atoms with Crippen molar-refractivity contribution in [3.63, 3.8) is 0 Å². The molecule has 140 valence electrons. The summed E-state index contributed by atoms with van der Waals surface area (Å²) in [5.41, 5.74) is 1.69. The smallest absolute Gasteiger partial charge is 0.227 e. The molecule has 0 spiro atoms. The van der Waals surface area contributed by atoms with Gasteiger partial charge in [0.25, 0.3) is 0 Å². The van der Waals surface area contributed by atoms with Gasteiger partial charge in [-0.15, -0.1) is 0 Å². The van der Waals surface area contributed by atoms with Gasteiger partial charge in [0.05, 0.1) is 50.0 Å². The third-order valence-corrected chi connectivity index (χ3v) is 4.85.